The largest absolute Gasteiger partial charge is 0.573 e. The molecule has 0 unspecified atom stereocenters. The van der Waals surface area contributed by atoms with E-state index in [9.17, 15) is 27.9 Å². The first-order chi connectivity index (χ1) is 33.0. The summed E-state index contributed by atoms with van der Waals surface area (Å²) in [4.78, 5) is 35.7. The SMILES string of the molecule is O=C(NCc1cc2c3ccccc3nc(SC3CCN(CC(=O)N4CCC(Oc5ccc(-c6c(-c7ccccc7)ccc7cc(O)ccc67)cc5)CC4)CC3)n2n1)c1ccccc1OC(F)(F)F. The summed E-state index contributed by atoms with van der Waals surface area (Å²) in [5.74, 6) is -0.153. The van der Waals surface area contributed by atoms with E-state index in [-0.39, 0.29) is 35.1 Å². The van der Waals surface area contributed by atoms with Crippen LogP contribution in [-0.4, -0.2) is 91.8 Å². The van der Waals surface area contributed by atoms with Crippen molar-refractivity contribution in [2.24, 2.45) is 0 Å². The van der Waals surface area contributed by atoms with Gasteiger partial charge in [0.05, 0.1) is 35.4 Å². The van der Waals surface area contributed by atoms with E-state index < -0.39 is 18.0 Å². The van der Waals surface area contributed by atoms with Crippen molar-refractivity contribution >= 4 is 50.8 Å². The average Bonchev–Trinajstić information content (AvgIpc) is 3.79. The number of aromatic nitrogens is 3. The van der Waals surface area contributed by atoms with Crippen molar-refractivity contribution in [2.45, 2.75) is 55.1 Å². The predicted molar refractivity (Wildman–Crippen MR) is 257 cm³/mol. The molecular formula is C53H47F3N6O5S. The number of phenolic OH excluding ortho intramolecular Hbond substituents is 1. The maximum atomic E-state index is 13.6. The number of hydrogen-bond donors (Lipinski definition) is 2. The fraction of sp³-hybridized carbons (Fsp3) is 0.245. The van der Waals surface area contributed by atoms with Crippen molar-refractivity contribution in [3.8, 4) is 39.5 Å². The summed E-state index contributed by atoms with van der Waals surface area (Å²) in [7, 11) is 0. The number of piperidine rings is 2. The second-order valence-electron chi connectivity index (χ2n) is 17.1. The molecule has 15 heteroatoms. The molecule has 2 aliphatic rings. The number of hydrogen-bond acceptors (Lipinski definition) is 9. The van der Waals surface area contributed by atoms with E-state index in [2.05, 4.69) is 45.3 Å². The van der Waals surface area contributed by atoms with Gasteiger partial charge in [-0.1, -0.05) is 103 Å². The lowest BCUT2D eigenvalue weighted by molar-refractivity contribution is -0.274. The molecule has 6 aromatic carbocycles. The normalized spacial score (nSPS) is 15.2. The van der Waals surface area contributed by atoms with Crippen LogP contribution in [0.4, 0.5) is 13.2 Å². The Morgan fingerprint density at radius 3 is 2.28 bits per heavy atom. The first-order valence-electron chi connectivity index (χ1n) is 22.7. The first kappa shape index (κ1) is 44.7. The van der Waals surface area contributed by atoms with Gasteiger partial charge in [0, 0.05) is 36.6 Å². The zero-order valence-corrected chi connectivity index (χ0v) is 37.7. The van der Waals surface area contributed by atoms with E-state index >= 15 is 0 Å². The molecule has 2 amide bonds. The highest BCUT2D eigenvalue weighted by Gasteiger charge is 2.33. The Morgan fingerprint density at radius 2 is 1.50 bits per heavy atom. The number of alkyl halides is 3. The number of nitrogens with one attached hydrogen (secondary N) is 1. The molecule has 2 saturated heterocycles. The number of thioether (sulfide) groups is 1. The molecule has 0 radical (unpaired) electrons. The van der Waals surface area contributed by atoms with Crippen LogP contribution >= 0.6 is 11.8 Å². The van der Waals surface area contributed by atoms with E-state index in [0.29, 0.717) is 30.5 Å². The predicted octanol–water partition coefficient (Wildman–Crippen LogP) is 10.5. The van der Waals surface area contributed by atoms with Gasteiger partial charge in [-0.3, -0.25) is 14.5 Å². The first-order valence-corrected chi connectivity index (χ1v) is 23.5. The maximum Gasteiger partial charge on any atom is 0.573 e. The molecule has 346 valence electrons. The number of benzene rings is 6. The Bertz CT molecular complexity index is 3120. The average molecular weight is 937 g/mol. The van der Waals surface area contributed by atoms with Crippen LogP contribution in [0.5, 0.6) is 17.2 Å². The summed E-state index contributed by atoms with van der Waals surface area (Å²) in [6.07, 6.45) is -1.74. The quantitative estimate of drug-likeness (QED) is 0.115. The third-order valence-corrected chi connectivity index (χ3v) is 13.9. The van der Waals surface area contributed by atoms with Crippen LogP contribution in [-0.2, 0) is 11.3 Å². The number of nitrogens with zero attached hydrogens (tertiary/aromatic N) is 5. The topological polar surface area (TPSA) is 122 Å². The van der Waals surface area contributed by atoms with Crippen molar-refractivity contribution in [1.82, 2.24) is 29.7 Å². The minimum Gasteiger partial charge on any atom is -0.508 e. The maximum absolute atomic E-state index is 13.6. The van der Waals surface area contributed by atoms with Crippen molar-refractivity contribution < 1.29 is 37.3 Å². The number of carbonyl (C=O) groups is 2. The highest BCUT2D eigenvalue weighted by molar-refractivity contribution is 7.99. The summed E-state index contributed by atoms with van der Waals surface area (Å²) in [6, 6.07) is 43.0. The molecule has 2 aliphatic heterocycles. The molecule has 0 saturated carbocycles. The number of amides is 2. The molecule has 8 aromatic rings. The smallest absolute Gasteiger partial charge is 0.508 e. The zero-order chi connectivity index (χ0) is 46.8. The minimum absolute atomic E-state index is 0.00196. The number of likely N-dealkylation sites (tertiary alicyclic amines) is 2. The lowest BCUT2D eigenvalue weighted by Crippen LogP contribution is -2.47. The molecule has 0 atom stereocenters. The van der Waals surface area contributed by atoms with Gasteiger partial charge < -0.3 is 24.8 Å². The van der Waals surface area contributed by atoms with Gasteiger partial charge in [-0.05, 0) is 107 Å². The summed E-state index contributed by atoms with van der Waals surface area (Å²) in [5, 5.41) is 21.5. The zero-order valence-electron chi connectivity index (χ0n) is 36.9. The lowest BCUT2D eigenvalue weighted by atomic mass is 9.89. The standard InChI is InChI=1S/C53H47F3N6O5S/c54-53(55,56)67-48-13-7-5-11-45(48)51(65)57-32-37-31-47-44-10-4-6-12-46(44)58-52(62(47)59-37)68-41-24-26-60(27-25-41)33-49(64)61-28-22-40(23-29-61)66-39-18-14-35(15-19-39)50-42(34-8-2-1-3-9-34)20-16-36-30-38(63)17-21-43(36)50/h1-21,30-31,40-41,63H,22-29,32-33H2,(H,57,65). The number of aromatic hydroxyl groups is 1. The van der Waals surface area contributed by atoms with Crippen LogP contribution in [0.1, 0.15) is 41.7 Å². The molecule has 0 bridgehead atoms. The summed E-state index contributed by atoms with van der Waals surface area (Å²) < 4.78 is 51.3. The molecular weight excluding hydrogens is 890 g/mol. The van der Waals surface area contributed by atoms with Crippen LogP contribution in [0.25, 0.3) is 49.4 Å². The van der Waals surface area contributed by atoms with Gasteiger partial charge in [0.2, 0.25) is 5.91 Å². The molecule has 10 rings (SSSR count). The Balaban J connectivity index is 0.724. The molecule has 2 N–H and O–H groups in total. The number of rotatable bonds is 12. The number of carbonyl (C=O) groups excluding carboxylic acids is 2. The number of phenols is 1. The van der Waals surface area contributed by atoms with Crippen molar-refractivity contribution in [3.63, 3.8) is 0 Å². The van der Waals surface area contributed by atoms with Crippen LogP contribution in [0.3, 0.4) is 0 Å². The molecule has 11 nitrogen and oxygen atoms in total. The molecule has 2 fully saturated rings. The monoisotopic (exact) mass is 936 g/mol. The highest BCUT2D eigenvalue weighted by atomic mass is 32.2. The van der Waals surface area contributed by atoms with Crippen LogP contribution in [0.2, 0.25) is 0 Å². The number of fused-ring (bicyclic) bond motifs is 4. The second-order valence-corrected chi connectivity index (χ2v) is 18.4. The van der Waals surface area contributed by atoms with Gasteiger partial charge in [-0.2, -0.15) is 5.10 Å². The van der Waals surface area contributed by atoms with Gasteiger partial charge in [-0.15, -0.1) is 13.2 Å². The van der Waals surface area contributed by atoms with E-state index in [0.717, 1.165) is 100 Å². The lowest BCUT2D eigenvalue weighted by Gasteiger charge is -2.35. The molecule has 68 heavy (non-hydrogen) atoms. The summed E-state index contributed by atoms with van der Waals surface area (Å²) in [5.41, 5.74) is 6.26. The molecule has 4 heterocycles. The highest BCUT2D eigenvalue weighted by Crippen LogP contribution is 2.40. The Morgan fingerprint density at radius 1 is 0.765 bits per heavy atom. The number of halogens is 3. The van der Waals surface area contributed by atoms with E-state index in [1.807, 2.05) is 77.7 Å². The van der Waals surface area contributed by atoms with E-state index in [1.165, 1.54) is 18.2 Å². The Labute approximate surface area is 394 Å². The fourth-order valence-corrected chi connectivity index (χ4v) is 10.4. The van der Waals surface area contributed by atoms with E-state index in [4.69, 9.17) is 14.8 Å². The minimum atomic E-state index is -4.94. The van der Waals surface area contributed by atoms with Crippen LogP contribution in [0.15, 0.2) is 145 Å². The number of ether oxygens (including phenoxy) is 2. The van der Waals surface area contributed by atoms with Gasteiger partial charge in [0.1, 0.15) is 23.4 Å². The van der Waals surface area contributed by atoms with Crippen molar-refractivity contribution in [1.29, 1.82) is 0 Å². The van der Waals surface area contributed by atoms with Crippen LogP contribution < -0.4 is 14.8 Å². The summed E-state index contributed by atoms with van der Waals surface area (Å²) in [6.45, 7) is 3.14. The van der Waals surface area contributed by atoms with Crippen molar-refractivity contribution in [2.75, 3.05) is 32.7 Å². The van der Waals surface area contributed by atoms with Gasteiger partial charge in [0.15, 0.2) is 5.16 Å². The fourth-order valence-electron chi connectivity index (χ4n) is 9.23. The van der Waals surface area contributed by atoms with Crippen LogP contribution in [0, 0.1) is 0 Å². The summed E-state index contributed by atoms with van der Waals surface area (Å²) >= 11 is 1.64. The second kappa shape index (κ2) is 19.2. The Hall–Kier alpha value is -7.10. The molecule has 2 aromatic heterocycles. The van der Waals surface area contributed by atoms with Gasteiger partial charge >= 0.3 is 6.36 Å². The Kier molecular flexibility index (Phi) is 12.7. The third kappa shape index (κ3) is 9.95. The van der Waals surface area contributed by atoms with E-state index in [1.54, 1.807) is 28.4 Å². The third-order valence-electron chi connectivity index (χ3n) is 12.6. The number of para-hydroxylation sites is 2. The molecule has 0 spiro atoms. The van der Waals surface area contributed by atoms with Gasteiger partial charge in [-0.25, -0.2) is 9.50 Å². The van der Waals surface area contributed by atoms with Crippen molar-refractivity contribution in [3.05, 3.63) is 151 Å². The van der Waals surface area contributed by atoms with Gasteiger partial charge in [0.25, 0.3) is 5.91 Å². The molecule has 0 aliphatic carbocycles.